The summed E-state index contributed by atoms with van der Waals surface area (Å²) >= 11 is 1.63. The second-order valence-corrected chi connectivity index (χ2v) is 6.47. The van der Waals surface area contributed by atoms with Gasteiger partial charge in [-0.25, -0.2) is 0 Å². The molecule has 0 bridgehead atoms. The highest BCUT2D eigenvalue weighted by atomic mass is 32.1. The van der Waals surface area contributed by atoms with Crippen molar-refractivity contribution in [3.63, 3.8) is 0 Å². The molecule has 0 saturated carbocycles. The number of rotatable bonds is 4. The van der Waals surface area contributed by atoms with Crippen molar-refractivity contribution < 1.29 is 9.53 Å². The number of carbonyl (C=O) groups excluding carboxylic acids is 1. The van der Waals surface area contributed by atoms with Gasteiger partial charge >= 0.3 is 0 Å². The van der Waals surface area contributed by atoms with Crippen LogP contribution in [0, 0.1) is 0 Å². The number of carbonyl (C=O) groups is 1. The van der Waals surface area contributed by atoms with Crippen molar-refractivity contribution in [1.82, 2.24) is 4.90 Å². The van der Waals surface area contributed by atoms with E-state index in [9.17, 15) is 4.79 Å². The maximum Gasteiger partial charge on any atom is 0.227 e. The van der Waals surface area contributed by atoms with Gasteiger partial charge in [-0.15, -0.1) is 11.3 Å². The number of ether oxygens (including phenoxy) is 1. The van der Waals surface area contributed by atoms with Crippen LogP contribution in [0.2, 0.25) is 0 Å². The first-order valence-corrected chi connectivity index (χ1v) is 8.05. The summed E-state index contributed by atoms with van der Waals surface area (Å²) in [6.07, 6.45) is 1.46. The van der Waals surface area contributed by atoms with Gasteiger partial charge in [0.05, 0.1) is 19.1 Å². The molecular weight excluding hydrogens is 282 g/mol. The predicted molar refractivity (Wildman–Crippen MR) is 84.4 cm³/mol. The van der Waals surface area contributed by atoms with Gasteiger partial charge in [-0.3, -0.25) is 4.79 Å². The zero-order valence-electron chi connectivity index (χ0n) is 12.1. The van der Waals surface area contributed by atoms with Crippen molar-refractivity contribution in [2.24, 2.45) is 0 Å². The van der Waals surface area contributed by atoms with Crippen LogP contribution in [-0.4, -0.2) is 30.5 Å². The maximum atomic E-state index is 12.2. The van der Waals surface area contributed by atoms with E-state index >= 15 is 0 Å². The number of likely N-dealkylation sites (N-methyl/N-ethyl adjacent to an activating group) is 1. The molecule has 0 fully saturated rings. The lowest BCUT2D eigenvalue weighted by Gasteiger charge is -2.29. The molecule has 0 radical (unpaired) electrons. The highest BCUT2D eigenvalue weighted by Gasteiger charge is 2.22. The summed E-state index contributed by atoms with van der Waals surface area (Å²) in [6, 6.07) is 12.3. The molecule has 1 aliphatic heterocycles. The number of benzene rings is 1. The fraction of sp³-hybridized carbons (Fsp3) is 0.353. The summed E-state index contributed by atoms with van der Waals surface area (Å²) in [4.78, 5) is 15.1. The number of hydrogen-bond acceptors (Lipinski definition) is 3. The number of amides is 1. The van der Waals surface area contributed by atoms with Crippen LogP contribution in [0.25, 0.3) is 0 Å². The lowest BCUT2D eigenvalue weighted by atomic mass is 9.99. The van der Waals surface area contributed by atoms with Gasteiger partial charge in [-0.2, -0.15) is 0 Å². The van der Waals surface area contributed by atoms with E-state index in [0.29, 0.717) is 19.6 Å². The fourth-order valence-corrected chi connectivity index (χ4v) is 3.33. The molecule has 0 N–H and O–H groups in total. The normalized spacial score (nSPS) is 17.3. The van der Waals surface area contributed by atoms with E-state index in [0.717, 1.165) is 11.3 Å². The maximum absolute atomic E-state index is 12.2. The average Bonchev–Trinajstić information content (AvgIpc) is 3.00. The second-order valence-electron chi connectivity index (χ2n) is 5.44. The fourth-order valence-electron chi connectivity index (χ4n) is 2.63. The van der Waals surface area contributed by atoms with E-state index < -0.39 is 0 Å². The Morgan fingerprint density at radius 1 is 1.29 bits per heavy atom. The monoisotopic (exact) mass is 301 g/mol. The average molecular weight is 301 g/mol. The Balaban J connectivity index is 1.56. The predicted octanol–water partition coefficient (Wildman–Crippen LogP) is 2.89. The van der Waals surface area contributed by atoms with Crippen molar-refractivity contribution in [3.8, 4) is 0 Å². The molecule has 0 aliphatic carbocycles. The van der Waals surface area contributed by atoms with Crippen molar-refractivity contribution >= 4 is 17.2 Å². The molecule has 21 heavy (non-hydrogen) atoms. The highest BCUT2D eigenvalue weighted by molar-refractivity contribution is 7.10. The number of fused-ring (bicyclic) bond motifs is 1. The Labute approximate surface area is 129 Å². The smallest absolute Gasteiger partial charge is 0.227 e. The van der Waals surface area contributed by atoms with Gasteiger partial charge in [0.15, 0.2) is 0 Å². The lowest BCUT2D eigenvalue weighted by molar-refractivity contribution is -0.131. The molecule has 1 amide bonds. The van der Waals surface area contributed by atoms with E-state index in [1.165, 1.54) is 11.1 Å². The summed E-state index contributed by atoms with van der Waals surface area (Å²) in [7, 11) is 1.86. The van der Waals surface area contributed by atoms with Crippen LogP contribution in [0.5, 0.6) is 0 Å². The van der Waals surface area contributed by atoms with E-state index in [2.05, 4.69) is 18.2 Å². The van der Waals surface area contributed by atoms with Crippen molar-refractivity contribution in [3.05, 3.63) is 57.8 Å². The SMILES string of the molecule is CN(CC1Cc2ccccc2CO1)C(=O)Cc1cccs1. The van der Waals surface area contributed by atoms with Gasteiger partial charge in [-0.1, -0.05) is 30.3 Å². The van der Waals surface area contributed by atoms with Crippen molar-refractivity contribution in [2.45, 2.75) is 25.6 Å². The first-order valence-electron chi connectivity index (χ1n) is 7.17. The van der Waals surface area contributed by atoms with Crippen molar-refractivity contribution in [1.29, 1.82) is 0 Å². The molecule has 1 unspecified atom stereocenters. The lowest BCUT2D eigenvalue weighted by Crippen LogP contribution is -2.38. The van der Waals surface area contributed by atoms with Gasteiger partial charge < -0.3 is 9.64 Å². The molecule has 4 heteroatoms. The van der Waals surface area contributed by atoms with Gasteiger partial charge in [0.1, 0.15) is 0 Å². The third-order valence-electron chi connectivity index (χ3n) is 3.85. The van der Waals surface area contributed by atoms with Crippen LogP contribution >= 0.6 is 11.3 Å². The largest absolute Gasteiger partial charge is 0.371 e. The zero-order valence-corrected chi connectivity index (χ0v) is 12.9. The highest BCUT2D eigenvalue weighted by Crippen LogP contribution is 2.21. The van der Waals surface area contributed by atoms with Crippen LogP contribution < -0.4 is 0 Å². The molecule has 1 atom stereocenters. The van der Waals surface area contributed by atoms with Crippen LogP contribution in [0.15, 0.2) is 41.8 Å². The third kappa shape index (κ3) is 3.52. The molecule has 2 heterocycles. The Morgan fingerprint density at radius 2 is 2.10 bits per heavy atom. The molecule has 3 nitrogen and oxygen atoms in total. The summed E-state index contributed by atoms with van der Waals surface area (Å²) < 4.78 is 5.87. The molecule has 1 aromatic carbocycles. The quantitative estimate of drug-likeness (QED) is 0.869. The van der Waals surface area contributed by atoms with Gasteiger partial charge in [-0.05, 0) is 22.6 Å². The third-order valence-corrected chi connectivity index (χ3v) is 4.73. The number of nitrogens with zero attached hydrogens (tertiary/aromatic N) is 1. The van der Waals surface area contributed by atoms with Gasteiger partial charge in [0.25, 0.3) is 0 Å². The van der Waals surface area contributed by atoms with Crippen LogP contribution in [0.1, 0.15) is 16.0 Å². The van der Waals surface area contributed by atoms with Crippen molar-refractivity contribution in [2.75, 3.05) is 13.6 Å². The minimum Gasteiger partial charge on any atom is -0.371 e. The molecule has 1 aliphatic rings. The topological polar surface area (TPSA) is 29.5 Å². The summed E-state index contributed by atoms with van der Waals surface area (Å²) in [6.45, 7) is 1.30. The van der Waals surface area contributed by atoms with E-state index in [1.54, 1.807) is 16.2 Å². The Morgan fingerprint density at radius 3 is 2.86 bits per heavy atom. The summed E-state index contributed by atoms with van der Waals surface area (Å²) in [5, 5.41) is 2.00. The van der Waals surface area contributed by atoms with Crippen LogP contribution in [-0.2, 0) is 29.0 Å². The first kappa shape index (κ1) is 14.3. The molecule has 1 aromatic heterocycles. The standard InChI is InChI=1S/C17H19NO2S/c1-18(17(19)10-16-7-4-8-21-16)11-15-9-13-5-2-3-6-14(13)12-20-15/h2-8,15H,9-12H2,1H3. The minimum absolute atomic E-state index is 0.0946. The summed E-state index contributed by atoms with van der Waals surface area (Å²) in [5.41, 5.74) is 2.61. The van der Waals surface area contributed by atoms with Gasteiger partial charge in [0, 0.05) is 24.9 Å². The molecule has 0 saturated heterocycles. The molecular formula is C17H19NO2S. The van der Waals surface area contributed by atoms with Crippen LogP contribution in [0.4, 0.5) is 0 Å². The number of thiophene rings is 1. The number of hydrogen-bond donors (Lipinski definition) is 0. The Bertz CT molecular complexity index is 609. The Hall–Kier alpha value is -1.65. The minimum atomic E-state index is 0.0946. The molecule has 0 spiro atoms. The van der Waals surface area contributed by atoms with E-state index in [4.69, 9.17) is 4.74 Å². The Kier molecular flexibility index (Phi) is 4.36. The second kappa shape index (κ2) is 6.41. The van der Waals surface area contributed by atoms with E-state index in [-0.39, 0.29) is 12.0 Å². The van der Waals surface area contributed by atoms with Gasteiger partial charge in [0.2, 0.25) is 5.91 Å². The zero-order chi connectivity index (χ0) is 14.7. The van der Waals surface area contributed by atoms with E-state index in [1.807, 2.05) is 30.6 Å². The molecule has 3 rings (SSSR count). The summed E-state index contributed by atoms with van der Waals surface area (Å²) in [5.74, 6) is 0.153. The van der Waals surface area contributed by atoms with Crippen LogP contribution in [0.3, 0.4) is 0 Å². The molecule has 110 valence electrons. The first-order chi connectivity index (χ1) is 10.2. The molecule has 2 aromatic rings.